The highest BCUT2D eigenvalue weighted by molar-refractivity contribution is 7.85. The lowest BCUT2D eigenvalue weighted by Gasteiger charge is -2.12. The summed E-state index contributed by atoms with van der Waals surface area (Å²) in [5, 5.41) is 8.91. The van der Waals surface area contributed by atoms with Crippen LogP contribution in [-0.4, -0.2) is 35.0 Å². The van der Waals surface area contributed by atoms with Crippen LogP contribution in [0.15, 0.2) is 17.0 Å². The number of rotatable bonds is 7. The number of carboxylic acids is 1. The minimum Gasteiger partial charge on any atom is -0.480 e. The van der Waals surface area contributed by atoms with Gasteiger partial charge in [0.05, 0.1) is 4.90 Å². The summed E-state index contributed by atoms with van der Waals surface area (Å²) < 4.78 is 31.5. The summed E-state index contributed by atoms with van der Waals surface area (Å²) in [6, 6.07) is 1.48. The van der Waals surface area contributed by atoms with Crippen molar-refractivity contribution in [2.45, 2.75) is 37.1 Å². The van der Waals surface area contributed by atoms with Crippen LogP contribution in [0.2, 0.25) is 5.02 Å². The number of thiocarbonyl (C=S) groups is 1. The molecule has 0 aromatic heterocycles. The summed E-state index contributed by atoms with van der Waals surface area (Å²) in [5.41, 5.74) is 6.62. The first-order valence-electron chi connectivity index (χ1n) is 6.29. The monoisotopic (exact) mass is 365 g/mol. The normalized spacial score (nSPS) is 12.9. The lowest BCUT2D eigenvalue weighted by molar-refractivity contribution is -0.138. The zero-order chi connectivity index (χ0) is 17.1. The molecule has 1 atom stereocenters. The fraction of sp³-hybridized carbons (Fsp3) is 0.385. The number of aliphatic carboxylic acids is 1. The van der Waals surface area contributed by atoms with E-state index in [-0.39, 0.29) is 22.8 Å². The topological polar surface area (TPSA) is 118 Å². The van der Waals surface area contributed by atoms with Gasteiger partial charge < -0.3 is 10.8 Å². The molecule has 0 bridgehead atoms. The highest BCUT2D eigenvalue weighted by atomic mass is 35.5. The largest absolute Gasteiger partial charge is 0.480 e. The summed E-state index contributed by atoms with van der Waals surface area (Å²) in [7, 11) is -4.36. The molecule has 1 aromatic rings. The van der Waals surface area contributed by atoms with Crippen molar-refractivity contribution in [2.24, 2.45) is 5.73 Å². The van der Waals surface area contributed by atoms with E-state index >= 15 is 0 Å². The number of carbonyl (C=O) groups is 1. The molecule has 0 aliphatic carbocycles. The van der Waals surface area contributed by atoms with Crippen LogP contribution in [0.4, 0.5) is 0 Å². The molecular formula is C13H16ClNO5S2. The second kappa shape index (κ2) is 7.47. The van der Waals surface area contributed by atoms with Gasteiger partial charge in [0, 0.05) is 11.4 Å². The Bertz CT molecular complexity index is 703. The molecule has 0 saturated heterocycles. The third kappa shape index (κ3) is 5.29. The van der Waals surface area contributed by atoms with E-state index in [4.69, 9.17) is 39.2 Å². The Balaban J connectivity index is 2.91. The SMILES string of the molecule is Cc1c(Cl)cc(S(=O)(=O)O)cc1CC(=S)CC[C@H](N)C(=O)O. The second-order valence-corrected chi connectivity index (χ2v) is 7.27. The first kappa shape index (κ1) is 19.0. The van der Waals surface area contributed by atoms with Crippen LogP contribution in [0.5, 0.6) is 0 Å². The lowest BCUT2D eigenvalue weighted by Crippen LogP contribution is -2.30. The molecule has 9 heteroatoms. The third-order valence-electron chi connectivity index (χ3n) is 3.16. The van der Waals surface area contributed by atoms with Crippen molar-refractivity contribution in [1.29, 1.82) is 0 Å². The van der Waals surface area contributed by atoms with Crippen LogP contribution in [0.3, 0.4) is 0 Å². The maximum atomic E-state index is 11.2. The maximum absolute atomic E-state index is 11.2. The van der Waals surface area contributed by atoms with Crippen LogP contribution in [0, 0.1) is 6.92 Å². The first-order valence-corrected chi connectivity index (χ1v) is 8.51. The molecule has 0 amide bonds. The summed E-state index contributed by atoms with van der Waals surface area (Å²) >= 11 is 11.1. The highest BCUT2D eigenvalue weighted by Crippen LogP contribution is 2.25. The molecule has 0 aliphatic heterocycles. The van der Waals surface area contributed by atoms with E-state index in [1.54, 1.807) is 6.92 Å². The fourth-order valence-corrected chi connectivity index (χ4v) is 2.92. The van der Waals surface area contributed by atoms with Crippen LogP contribution < -0.4 is 5.73 Å². The van der Waals surface area contributed by atoms with E-state index in [1.807, 2.05) is 0 Å². The average Bonchev–Trinajstić information content (AvgIpc) is 2.39. The molecule has 0 saturated carbocycles. The van der Waals surface area contributed by atoms with E-state index < -0.39 is 22.1 Å². The smallest absolute Gasteiger partial charge is 0.320 e. The van der Waals surface area contributed by atoms with Gasteiger partial charge in [-0.2, -0.15) is 8.42 Å². The van der Waals surface area contributed by atoms with Crippen LogP contribution >= 0.6 is 23.8 Å². The molecule has 0 fully saturated rings. The molecule has 122 valence electrons. The van der Waals surface area contributed by atoms with Crippen molar-refractivity contribution in [3.05, 3.63) is 28.3 Å². The summed E-state index contributed by atoms with van der Waals surface area (Å²) in [4.78, 5) is 10.9. The van der Waals surface area contributed by atoms with E-state index in [9.17, 15) is 13.2 Å². The predicted octanol–water partition coefficient (Wildman–Crippen LogP) is 2.00. The van der Waals surface area contributed by atoms with Gasteiger partial charge in [-0.25, -0.2) is 0 Å². The second-order valence-electron chi connectivity index (χ2n) is 4.86. The van der Waals surface area contributed by atoms with Gasteiger partial charge in [0.15, 0.2) is 0 Å². The molecule has 6 nitrogen and oxygen atoms in total. The number of carboxylic acid groups (broad SMARTS) is 1. The molecule has 4 N–H and O–H groups in total. The minimum atomic E-state index is -4.36. The molecule has 22 heavy (non-hydrogen) atoms. The zero-order valence-electron chi connectivity index (χ0n) is 11.7. The number of hydrogen-bond acceptors (Lipinski definition) is 5. The Hall–Kier alpha value is -1.06. The number of halogens is 1. The minimum absolute atomic E-state index is 0.193. The van der Waals surface area contributed by atoms with Gasteiger partial charge in [0.1, 0.15) is 6.04 Å². The van der Waals surface area contributed by atoms with Gasteiger partial charge in [-0.15, -0.1) is 0 Å². The van der Waals surface area contributed by atoms with Gasteiger partial charge in [-0.1, -0.05) is 23.8 Å². The van der Waals surface area contributed by atoms with Crippen LogP contribution in [-0.2, 0) is 21.3 Å². The van der Waals surface area contributed by atoms with Crippen LogP contribution in [0.25, 0.3) is 0 Å². The summed E-state index contributed by atoms with van der Waals surface area (Å²) in [5.74, 6) is -1.10. The number of benzene rings is 1. The van der Waals surface area contributed by atoms with Crippen molar-refractivity contribution in [3.8, 4) is 0 Å². The number of hydrogen-bond donors (Lipinski definition) is 3. The average molecular weight is 366 g/mol. The van der Waals surface area contributed by atoms with E-state index in [2.05, 4.69) is 0 Å². The van der Waals surface area contributed by atoms with E-state index in [0.29, 0.717) is 22.4 Å². The first-order chi connectivity index (χ1) is 10.0. The fourth-order valence-electron chi connectivity index (χ4n) is 1.78. The van der Waals surface area contributed by atoms with E-state index in [0.717, 1.165) is 0 Å². The molecular weight excluding hydrogens is 350 g/mol. The van der Waals surface area contributed by atoms with Gasteiger partial charge in [0.25, 0.3) is 10.1 Å². The molecule has 0 unspecified atom stereocenters. The van der Waals surface area contributed by atoms with Crippen molar-refractivity contribution < 1.29 is 22.9 Å². The maximum Gasteiger partial charge on any atom is 0.320 e. The van der Waals surface area contributed by atoms with Crippen molar-refractivity contribution in [1.82, 2.24) is 0 Å². The van der Waals surface area contributed by atoms with Crippen molar-refractivity contribution in [3.63, 3.8) is 0 Å². The van der Waals surface area contributed by atoms with Crippen LogP contribution in [0.1, 0.15) is 24.0 Å². The Morgan fingerprint density at radius 3 is 2.55 bits per heavy atom. The molecule has 1 rings (SSSR count). The molecule has 0 heterocycles. The molecule has 0 aliphatic rings. The summed E-state index contributed by atoms with van der Waals surface area (Å²) in [6.07, 6.45) is 0.755. The Labute approximate surface area is 139 Å². The lowest BCUT2D eigenvalue weighted by atomic mass is 10.0. The quantitative estimate of drug-likeness (QED) is 0.499. The Morgan fingerprint density at radius 2 is 2.05 bits per heavy atom. The molecule has 0 radical (unpaired) electrons. The predicted molar refractivity (Wildman–Crippen MR) is 87.2 cm³/mol. The Morgan fingerprint density at radius 1 is 1.45 bits per heavy atom. The molecule has 1 aromatic carbocycles. The number of nitrogens with two attached hydrogens (primary N) is 1. The van der Waals surface area contributed by atoms with Gasteiger partial charge >= 0.3 is 5.97 Å². The van der Waals surface area contributed by atoms with Crippen molar-refractivity contribution in [2.75, 3.05) is 0 Å². The van der Waals surface area contributed by atoms with Crippen molar-refractivity contribution >= 4 is 44.8 Å². The van der Waals surface area contributed by atoms with E-state index in [1.165, 1.54) is 12.1 Å². The Kier molecular flexibility index (Phi) is 6.45. The highest BCUT2D eigenvalue weighted by Gasteiger charge is 2.17. The molecule has 0 spiro atoms. The standard InChI is InChI=1S/C13H16ClNO5S2/c1-7-8(4-9(21)2-3-12(15)13(16)17)5-10(6-11(7)14)22(18,19)20/h5-6,12H,2-4,15H2,1H3,(H,16,17)(H,18,19,20)/t12-/m0/s1. The van der Waals surface area contributed by atoms with Gasteiger partial charge in [-0.05, 0) is 47.9 Å². The van der Waals surface area contributed by atoms with Gasteiger partial charge in [0.2, 0.25) is 0 Å². The zero-order valence-corrected chi connectivity index (χ0v) is 14.1. The third-order valence-corrected chi connectivity index (χ3v) is 4.73. The summed E-state index contributed by atoms with van der Waals surface area (Å²) in [6.45, 7) is 1.71. The van der Waals surface area contributed by atoms with Gasteiger partial charge in [-0.3, -0.25) is 9.35 Å².